The first-order chi connectivity index (χ1) is 5.78. The maximum atomic E-state index is 10.6. The topological polar surface area (TPSA) is 131 Å². The van der Waals surface area contributed by atoms with Gasteiger partial charge in [0.25, 0.3) is 10.2 Å². The first kappa shape index (κ1) is 12.1. The van der Waals surface area contributed by atoms with Crippen LogP contribution in [0.1, 0.15) is 13.8 Å². The predicted octanol–water partition coefficient (Wildman–Crippen LogP) is -1.45. The second-order valence-corrected chi connectivity index (χ2v) is 4.24. The largest absolute Gasteiger partial charge is 0.409 e. The minimum Gasteiger partial charge on any atom is -0.409 e. The third-order valence-corrected chi connectivity index (χ3v) is 1.97. The van der Waals surface area contributed by atoms with Crippen LogP contribution in [0.4, 0.5) is 0 Å². The number of nitrogens with one attached hydrogen (secondary N) is 1. The molecule has 6 N–H and O–H groups in total. The third kappa shape index (κ3) is 4.65. The lowest BCUT2D eigenvalue weighted by Gasteiger charge is -2.18. The molecule has 0 heterocycles. The van der Waals surface area contributed by atoms with Gasteiger partial charge in [0.2, 0.25) is 0 Å². The summed E-state index contributed by atoms with van der Waals surface area (Å²) in [5.74, 6) is -0.377. The van der Waals surface area contributed by atoms with Gasteiger partial charge in [-0.1, -0.05) is 19.0 Å². The molecule has 0 bridgehead atoms. The van der Waals surface area contributed by atoms with Gasteiger partial charge in [0, 0.05) is 0 Å². The fourth-order valence-corrected chi connectivity index (χ4v) is 1.52. The molecule has 78 valence electrons. The van der Waals surface area contributed by atoms with Crippen LogP contribution in [-0.2, 0) is 10.2 Å². The molecular weight excluding hydrogens is 196 g/mol. The van der Waals surface area contributed by atoms with Gasteiger partial charge in [-0.25, -0.2) is 5.14 Å². The van der Waals surface area contributed by atoms with Crippen molar-refractivity contribution in [2.24, 2.45) is 21.9 Å². The minimum atomic E-state index is -3.85. The number of hydrogen-bond acceptors (Lipinski definition) is 4. The molecule has 8 heteroatoms. The van der Waals surface area contributed by atoms with Crippen molar-refractivity contribution in [3.63, 3.8) is 0 Å². The van der Waals surface area contributed by atoms with E-state index in [-0.39, 0.29) is 11.8 Å². The van der Waals surface area contributed by atoms with Crippen molar-refractivity contribution in [1.82, 2.24) is 4.72 Å². The summed E-state index contributed by atoms with van der Waals surface area (Å²) in [5, 5.41) is 15.8. The van der Waals surface area contributed by atoms with E-state index in [2.05, 4.69) is 5.16 Å². The van der Waals surface area contributed by atoms with Crippen molar-refractivity contribution >= 4 is 16.0 Å². The van der Waals surface area contributed by atoms with Crippen molar-refractivity contribution in [2.75, 3.05) is 0 Å². The lowest BCUT2D eigenvalue weighted by molar-refractivity contribution is 0.313. The Labute approximate surface area is 77.0 Å². The van der Waals surface area contributed by atoms with Gasteiger partial charge in [-0.3, -0.25) is 0 Å². The Morgan fingerprint density at radius 3 is 2.23 bits per heavy atom. The van der Waals surface area contributed by atoms with E-state index in [0.29, 0.717) is 0 Å². The van der Waals surface area contributed by atoms with Gasteiger partial charge in [0.05, 0.1) is 6.04 Å². The molecule has 0 aliphatic heterocycles. The quantitative estimate of drug-likeness (QED) is 0.196. The maximum Gasteiger partial charge on any atom is 0.275 e. The Morgan fingerprint density at radius 2 is 2.00 bits per heavy atom. The Morgan fingerprint density at radius 1 is 1.54 bits per heavy atom. The summed E-state index contributed by atoms with van der Waals surface area (Å²) in [6.45, 7) is 3.42. The first-order valence-corrected chi connectivity index (χ1v) is 5.10. The van der Waals surface area contributed by atoms with Crippen molar-refractivity contribution < 1.29 is 13.6 Å². The zero-order valence-corrected chi connectivity index (χ0v) is 8.25. The van der Waals surface area contributed by atoms with Crippen molar-refractivity contribution in [1.29, 1.82) is 0 Å². The minimum absolute atomic E-state index is 0.158. The highest BCUT2D eigenvalue weighted by molar-refractivity contribution is 7.87. The first-order valence-electron chi connectivity index (χ1n) is 3.55. The molecule has 0 fully saturated rings. The lowest BCUT2D eigenvalue weighted by Crippen LogP contribution is -2.49. The Bertz CT molecular complexity index is 284. The van der Waals surface area contributed by atoms with Crippen LogP contribution in [0, 0.1) is 5.92 Å². The number of rotatable bonds is 4. The summed E-state index contributed by atoms with van der Waals surface area (Å²) in [4.78, 5) is 0. The van der Waals surface area contributed by atoms with Gasteiger partial charge in [0.1, 0.15) is 0 Å². The van der Waals surface area contributed by atoms with Gasteiger partial charge < -0.3 is 10.9 Å². The highest BCUT2D eigenvalue weighted by Gasteiger charge is 2.21. The molecule has 0 amide bonds. The van der Waals surface area contributed by atoms with Gasteiger partial charge >= 0.3 is 0 Å². The van der Waals surface area contributed by atoms with E-state index in [9.17, 15) is 8.42 Å². The van der Waals surface area contributed by atoms with E-state index in [1.807, 2.05) is 4.72 Å². The van der Waals surface area contributed by atoms with E-state index < -0.39 is 16.3 Å². The highest BCUT2D eigenvalue weighted by atomic mass is 32.2. The van der Waals surface area contributed by atoms with Crippen LogP contribution >= 0.6 is 0 Å². The third-order valence-electron chi connectivity index (χ3n) is 1.39. The summed E-state index contributed by atoms with van der Waals surface area (Å²) < 4.78 is 23.3. The van der Waals surface area contributed by atoms with Crippen LogP contribution < -0.4 is 15.6 Å². The molecule has 1 unspecified atom stereocenters. The van der Waals surface area contributed by atoms with E-state index >= 15 is 0 Å². The van der Waals surface area contributed by atoms with Gasteiger partial charge in [-0.15, -0.1) is 0 Å². The fraction of sp³-hybridized carbons (Fsp3) is 0.800. The van der Waals surface area contributed by atoms with Crippen molar-refractivity contribution in [3.05, 3.63) is 0 Å². The Hall–Kier alpha value is -0.860. The van der Waals surface area contributed by atoms with E-state index in [1.54, 1.807) is 13.8 Å². The molecule has 1 atom stereocenters. The van der Waals surface area contributed by atoms with Gasteiger partial charge in [-0.2, -0.15) is 13.1 Å². The highest BCUT2D eigenvalue weighted by Crippen LogP contribution is 2.01. The van der Waals surface area contributed by atoms with Crippen LogP contribution in [0.5, 0.6) is 0 Å². The molecular formula is C5H14N4O3S. The number of amidine groups is 1. The van der Waals surface area contributed by atoms with Crippen LogP contribution in [0.15, 0.2) is 5.16 Å². The Balaban J connectivity index is 4.65. The number of nitrogens with two attached hydrogens (primary N) is 2. The van der Waals surface area contributed by atoms with Crippen LogP contribution in [0.2, 0.25) is 0 Å². The van der Waals surface area contributed by atoms with Gasteiger partial charge in [0.15, 0.2) is 5.84 Å². The Kier molecular flexibility index (Phi) is 4.11. The molecule has 13 heavy (non-hydrogen) atoms. The molecule has 0 aromatic heterocycles. The summed E-state index contributed by atoms with van der Waals surface area (Å²) in [6, 6.07) is -0.792. The summed E-state index contributed by atoms with van der Waals surface area (Å²) in [5.41, 5.74) is 5.24. The van der Waals surface area contributed by atoms with Crippen LogP contribution in [0.3, 0.4) is 0 Å². The SMILES string of the molecule is CC(C)C(NS(N)(=O)=O)C(N)=NO. The molecule has 0 saturated heterocycles. The second kappa shape index (κ2) is 4.40. The molecule has 0 aromatic carbocycles. The lowest BCUT2D eigenvalue weighted by atomic mass is 10.1. The zero-order chi connectivity index (χ0) is 10.6. The zero-order valence-electron chi connectivity index (χ0n) is 7.43. The van der Waals surface area contributed by atoms with E-state index in [1.165, 1.54) is 0 Å². The molecule has 0 aliphatic carbocycles. The predicted molar refractivity (Wildman–Crippen MR) is 48.3 cm³/mol. The maximum absolute atomic E-state index is 10.6. The molecule has 0 aromatic rings. The smallest absolute Gasteiger partial charge is 0.275 e. The van der Waals surface area contributed by atoms with E-state index in [0.717, 1.165) is 0 Å². The average molecular weight is 210 g/mol. The second-order valence-electron chi connectivity index (χ2n) is 2.91. The number of hydrogen-bond donors (Lipinski definition) is 4. The molecule has 0 radical (unpaired) electrons. The fourth-order valence-electron chi connectivity index (χ4n) is 0.777. The molecule has 0 rings (SSSR count). The normalized spacial score (nSPS) is 16.2. The molecule has 7 nitrogen and oxygen atoms in total. The van der Waals surface area contributed by atoms with Crippen LogP contribution in [-0.4, -0.2) is 25.5 Å². The molecule has 0 aliphatic rings. The average Bonchev–Trinajstić information content (AvgIpc) is 1.96. The van der Waals surface area contributed by atoms with E-state index in [4.69, 9.17) is 16.1 Å². The number of oxime groups is 1. The monoisotopic (exact) mass is 210 g/mol. The number of nitrogens with zero attached hydrogens (tertiary/aromatic N) is 1. The van der Waals surface area contributed by atoms with Crippen molar-refractivity contribution in [2.45, 2.75) is 19.9 Å². The standard InChI is InChI=1S/C5H14N4O3S/c1-3(2)4(5(6)8-10)9-13(7,11)12/h3-4,9-10H,1-2H3,(H2,6,8)(H2,7,11,12). The summed E-state index contributed by atoms with van der Waals surface area (Å²) in [7, 11) is -3.85. The van der Waals surface area contributed by atoms with Gasteiger partial charge in [-0.05, 0) is 5.92 Å². The van der Waals surface area contributed by atoms with Crippen LogP contribution in [0.25, 0.3) is 0 Å². The summed E-state index contributed by atoms with van der Waals surface area (Å²) >= 11 is 0. The molecule has 0 spiro atoms. The van der Waals surface area contributed by atoms with Crippen molar-refractivity contribution in [3.8, 4) is 0 Å². The summed E-state index contributed by atoms with van der Waals surface area (Å²) in [6.07, 6.45) is 0. The molecule has 0 saturated carbocycles.